The van der Waals surface area contributed by atoms with Crippen LogP contribution in [0.5, 0.6) is 11.5 Å². The fraction of sp³-hybridized carbons (Fsp3) is 0.415. The molecule has 54 heavy (non-hydrogen) atoms. The van der Waals surface area contributed by atoms with Crippen molar-refractivity contribution < 1.29 is 28.2 Å². The van der Waals surface area contributed by atoms with Crippen molar-refractivity contribution in [3.05, 3.63) is 112 Å². The van der Waals surface area contributed by atoms with Crippen molar-refractivity contribution in [3.63, 3.8) is 0 Å². The third-order valence-corrected chi connectivity index (χ3v) is 15.0. The molecule has 0 spiro atoms. The average molecular weight is 754 g/mol. The van der Waals surface area contributed by atoms with E-state index >= 15 is 0 Å². The van der Waals surface area contributed by atoms with Gasteiger partial charge in [0, 0.05) is 12.3 Å². The summed E-state index contributed by atoms with van der Waals surface area (Å²) in [6.45, 7) is 14.7. The molecular formula is C41H51N5O7Si. The fourth-order valence-corrected chi connectivity index (χ4v) is 7.78. The molecule has 286 valence electrons. The van der Waals surface area contributed by atoms with Gasteiger partial charge in [-0.15, -0.1) is 0 Å². The highest BCUT2D eigenvalue weighted by Crippen LogP contribution is 2.45. The number of nitrogens with zero attached hydrogens (tertiary/aromatic N) is 3. The van der Waals surface area contributed by atoms with E-state index in [-0.39, 0.29) is 40.6 Å². The molecule has 0 aliphatic carbocycles. The number of benzene rings is 3. The molecule has 3 atom stereocenters. The van der Waals surface area contributed by atoms with E-state index in [1.165, 1.54) is 0 Å². The van der Waals surface area contributed by atoms with Gasteiger partial charge in [0.2, 0.25) is 11.9 Å². The number of fused-ring (bicyclic) bond motifs is 1. The lowest BCUT2D eigenvalue weighted by Gasteiger charge is -2.39. The number of ether oxygens (including phenoxy) is 4. The molecule has 6 rings (SSSR count). The zero-order valence-corrected chi connectivity index (χ0v) is 33.5. The van der Waals surface area contributed by atoms with Crippen LogP contribution in [-0.2, 0) is 24.3 Å². The van der Waals surface area contributed by atoms with Gasteiger partial charge in [-0.05, 0) is 59.1 Å². The molecule has 1 saturated heterocycles. The first kappa shape index (κ1) is 38.9. The quantitative estimate of drug-likeness (QED) is 0.0930. The monoisotopic (exact) mass is 753 g/mol. The van der Waals surface area contributed by atoms with E-state index in [1.54, 1.807) is 39.0 Å². The van der Waals surface area contributed by atoms with Crippen LogP contribution in [0.25, 0.3) is 11.2 Å². The van der Waals surface area contributed by atoms with Gasteiger partial charge in [0.25, 0.3) is 5.56 Å². The number of nitrogens with one attached hydrogen (secondary N) is 2. The first-order valence-corrected chi connectivity index (χ1v) is 21.2. The smallest absolute Gasteiger partial charge is 0.280 e. The summed E-state index contributed by atoms with van der Waals surface area (Å²) >= 11 is 0. The van der Waals surface area contributed by atoms with Crippen molar-refractivity contribution in [2.45, 2.75) is 83.2 Å². The molecule has 1 aliphatic heterocycles. The number of hydrogen-bond acceptors (Lipinski definition) is 9. The highest BCUT2D eigenvalue weighted by atomic mass is 28.4. The predicted octanol–water partition coefficient (Wildman–Crippen LogP) is 7.42. The van der Waals surface area contributed by atoms with E-state index in [9.17, 15) is 9.59 Å². The zero-order valence-electron chi connectivity index (χ0n) is 32.5. The topological polar surface area (TPSA) is 139 Å². The summed E-state index contributed by atoms with van der Waals surface area (Å²) in [7, 11) is 0.955. The molecule has 2 N–H and O–H groups in total. The van der Waals surface area contributed by atoms with Crippen LogP contribution in [0.15, 0.2) is 90.0 Å². The Morgan fingerprint density at radius 3 is 2.06 bits per heavy atom. The Kier molecular flexibility index (Phi) is 11.2. The first-order valence-electron chi connectivity index (χ1n) is 18.3. The molecule has 0 radical (unpaired) electrons. The number of amides is 1. The number of H-pyrrole nitrogens is 1. The Labute approximate surface area is 317 Å². The highest BCUT2D eigenvalue weighted by molar-refractivity contribution is 6.74. The highest BCUT2D eigenvalue weighted by Gasteiger charge is 2.47. The number of rotatable bonds is 13. The van der Waals surface area contributed by atoms with Gasteiger partial charge in [0.05, 0.1) is 39.4 Å². The van der Waals surface area contributed by atoms with E-state index in [0.29, 0.717) is 6.42 Å². The van der Waals surface area contributed by atoms with Crippen molar-refractivity contribution >= 4 is 31.3 Å². The lowest BCUT2D eigenvalue weighted by Crippen LogP contribution is -2.45. The third kappa shape index (κ3) is 7.72. The lowest BCUT2D eigenvalue weighted by molar-refractivity contribution is -0.118. The standard InChI is InChI=1S/C41H51N5O7Si/c1-26(2)36(47)44-39-43-35-34(37(48)45-39)42-25-46(35)38-33(53-54(8,9)40(3,4)5)23-32(52-38)24-51-41(27-13-11-10-12-14-27,28-15-19-30(49-6)20-16-28)29-17-21-31(50-7)22-18-29/h10-22,25-26,32-33,38H,23-24H2,1-9H3,(H2,43,44,45,47,48)/t32-,33+,38+/m0/s1. The van der Waals surface area contributed by atoms with Crippen LogP contribution in [-0.4, -0.2) is 66.8 Å². The number of methoxy groups -OCH3 is 2. The van der Waals surface area contributed by atoms with Gasteiger partial charge < -0.3 is 23.4 Å². The number of aromatic nitrogens is 4. The molecule has 3 aromatic carbocycles. The van der Waals surface area contributed by atoms with E-state index in [4.69, 9.17) is 23.4 Å². The van der Waals surface area contributed by atoms with Crippen LogP contribution < -0.4 is 20.3 Å². The largest absolute Gasteiger partial charge is 0.497 e. The van der Waals surface area contributed by atoms with Crippen molar-refractivity contribution in [2.24, 2.45) is 5.92 Å². The predicted molar refractivity (Wildman–Crippen MR) is 210 cm³/mol. The number of anilines is 1. The molecule has 13 heteroatoms. The van der Waals surface area contributed by atoms with Crippen LogP contribution >= 0.6 is 0 Å². The number of imidazole rings is 1. The Balaban J connectivity index is 1.41. The van der Waals surface area contributed by atoms with E-state index < -0.39 is 37.9 Å². The molecule has 2 aromatic heterocycles. The second kappa shape index (κ2) is 15.5. The van der Waals surface area contributed by atoms with Gasteiger partial charge in [-0.1, -0.05) is 89.2 Å². The van der Waals surface area contributed by atoms with Gasteiger partial charge in [-0.3, -0.25) is 24.5 Å². The van der Waals surface area contributed by atoms with Crippen LogP contribution in [0.4, 0.5) is 5.95 Å². The van der Waals surface area contributed by atoms with Crippen LogP contribution in [0.2, 0.25) is 18.1 Å². The molecule has 0 unspecified atom stereocenters. The number of aromatic amines is 1. The van der Waals surface area contributed by atoms with Gasteiger partial charge in [-0.2, -0.15) is 4.98 Å². The van der Waals surface area contributed by atoms with Crippen LogP contribution in [0.3, 0.4) is 0 Å². The summed E-state index contributed by atoms with van der Waals surface area (Å²) in [5.41, 5.74) is 1.65. The van der Waals surface area contributed by atoms with E-state index in [2.05, 4.69) is 66.3 Å². The Bertz CT molecular complexity index is 2060. The van der Waals surface area contributed by atoms with Gasteiger partial charge >= 0.3 is 0 Å². The maximum absolute atomic E-state index is 13.2. The van der Waals surface area contributed by atoms with Crippen molar-refractivity contribution in [1.29, 1.82) is 0 Å². The van der Waals surface area contributed by atoms with E-state index in [1.807, 2.05) is 66.7 Å². The van der Waals surface area contributed by atoms with Gasteiger partial charge in [0.15, 0.2) is 25.7 Å². The SMILES string of the molecule is COc1ccc(C(OC[C@@H]2C[C@@H](O[Si](C)(C)C(C)(C)C)[C@H](n3cnc4c(=O)[nH]c(NC(=O)C(C)C)nc43)O2)(c2ccccc2)c2ccc(OC)cc2)cc1. The molecule has 0 saturated carbocycles. The zero-order chi connectivity index (χ0) is 38.8. The maximum Gasteiger partial charge on any atom is 0.280 e. The summed E-state index contributed by atoms with van der Waals surface area (Å²) in [5, 5.41) is 2.63. The molecule has 1 amide bonds. The van der Waals surface area contributed by atoms with Crippen LogP contribution in [0, 0.1) is 5.92 Å². The first-order chi connectivity index (χ1) is 25.7. The summed E-state index contributed by atoms with van der Waals surface area (Å²) in [5.74, 6) is 0.924. The minimum Gasteiger partial charge on any atom is -0.497 e. The summed E-state index contributed by atoms with van der Waals surface area (Å²) < 4.78 is 34.0. The summed E-state index contributed by atoms with van der Waals surface area (Å²) in [4.78, 5) is 37.4. The summed E-state index contributed by atoms with van der Waals surface area (Å²) in [6, 6.07) is 25.9. The second-order valence-electron chi connectivity index (χ2n) is 15.5. The average Bonchev–Trinajstić information content (AvgIpc) is 3.75. The molecule has 3 heterocycles. The molecule has 1 aliphatic rings. The van der Waals surface area contributed by atoms with Crippen molar-refractivity contribution in [1.82, 2.24) is 19.5 Å². The molecule has 12 nitrogen and oxygen atoms in total. The molecule has 0 bridgehead atoms. The summed E-state index contributed by atoms with van der Waals surface area (Å²) in [6.07, 6.45) is 0.532. The maximum atomic E-state index is 13.2. The number of hydrogen-bond donors (Lipinski definition) is 2. The Hall–Kier alpha value is -4.82. The minimum absolute atomic E-state index is 0.0410. The van der Waals surface area contributed by atoms with Crippen molar-refractivity contribution in [2.75, 3.05) is 26.1 Å². The second-order valence-corrected chi connectivity index (χ2v) is 20.3. The Morgan fingerprint density at radius 1 is 0.944 bits per heavy atom. The Morgan fingerprint density at radius 2 is 1.52 bits per heavy atom. The number of carbonyl (C=O) groups is 1. The fourth-order valence-electron chi connectivity index (χ4n) is 6.45. The molecule has 1 fully saturated rings. The molecular weight excluding hydrogens is 703 g/mol. The van der Waals surface area contributed by atoms with Crippen LogP contribution in [0.1, 0.15) is 64.0 Å². The van der Waals surface area contributed by atoms with Crippen molar-refractivity contribution in [3.8, 4) is 11.5 Å². The number of carbonyl (C=O) groups excluding carboxylic acids is 1. The van der Waals surface area contributed by atoms with E-state index in [0.717, 1.165) is 28.2 Å². The lowest BCUT2D eigenvalue weighted by atomic mass is 9.80. The molecule has 5 aromatic rings. The van der Waals surface area contributed by atoms with Gasteiger partial charge in [0.1, 0.15) is 17.1 Å². The third-order valence-electron chi connectivity index (χ3n) is 10.5. The minimum atomic E-state index is -2.34. The van der Waals surface area contributed by atoms with Gasteiger partial charge in [-0.25, -0.2) is 4.98 Å². The normalized spacial score (nSPS) is 17.9.